The molecule has 28 heavy (non-hydrogen) atoms. The van der Waals surface area contributed by atoms with Gasteiger partial charge in [-0.05, 0) is 46.6 Å². The summed E-state index contributed by atoms with van der Waals surface area (Å²) in [6.45, 7) is 2.77. The molecule has 2 aromatic carbocycles. The number of aryl methyl sites for hydroxylation is 1. The van der Waals surface area contributed by atoms with Gasteiger partial charge in [0.1, 0.15) is 11.5 Å². The first kappa shape index (κ1) is 18.9. The van der Waals surface area contributed by atoms with Crippen molar-refractivity contribution in [3.63, 3.8) is 0 Å². The number of carbonyl (C=O) groups excluding carboxylic acids is 1. The van der Waals surface area contributed by atoms with Crippen molar-refractivity contribution in [1.29, 1.82) is 0 Å². The molecule has 0 saturated heterocycles. The molecule has 2 heterocycles. The van der Waals surface area contributed by atoms with Crippen LogP contribution in [0.5, 0.6) is 0 Å². The molecule has 1 amide bonds. The van der Waals surface area contributed by atoms with E-state index in [0.29, 0.717) is 24.3 Å². The van der Waals surface area contributed by atoms with E-state index in [9.17, 15) is 9.18 Å². The van der Waals surface area contributed by atoms with Crippen LogP contribution in [0.3, 0.4) is 0 Å². The molecule has 0 fully saturated rings. The van der Waals surface area contributed by atoms with Gasteiger partial charge in [0.15, 0.2) is 0 Å². The Morgan fingerprint density at radius 2 is 1.96 bits per heavy atom. The average Bonchev–Trinajstić information content (AvgIpc) is 3.18. The summed E-state index contributed by atoms with van der Waals surface area (Å²) in [5.74, 6) is -0.442. The lowest BCUT2D eigenvalue weighted by Crippen LogP contribution is -2.25. The number of aromatic nitrogens is 1. The first-order valence-electron chi connectivity index (χ1n) is 8.87. The highest BCUT2D eigenvalue weighted by Crippen LogP contribution is 2.33. The fourth-order valence-electron chi connectivity index (χ4n) is 3.26. The average molecular weight is 457 g/mol. The minimum Gasteiger partial charge on any atom is -0.347 e. The number of halogens is 2. The van der Waals surface area contributed by atoms with Crippen LogP contribution in [0.2, 0.25) is 0 Å². The van der Waals surface area contributed by atoms with Crippen molar-refractivity contribution < 1.29 is 9.18 Å². The van der Waals surface area contributed by atoms with Crippen LogP contribution in [-0.2, 0) is 13.1 Å². The summed E-state index contributed by atoms with van der Waals surface area (Å²) in [6, 6.07) is 18.5. The van der Waals surface area contributed by atoms with Gasteiger partial charge in [-0.1, -0.05) is 48.0 Å². The maximum atomic E-state index is 14.2. The van der Waals surface area contributed by atoms with E-state index in [-0.39, 0.29) is 11.7 Å². The van der Waals surface area contributed by atoms with Gasteiger partial charge in [0.05, 0.1) is 20.5 Å². The fourth-order valence-corrected chi connectivity index (χ4v) is 4.83. The molecule has 0 saturated carbocycles. The van der Waals surface area contributed by atoms with Crippen molar-refractivity contribution in [2.24, 2.45) is 0 Å². The third-order valence-corrected chi connectivity index (χ3v) is 6.19. The molecule has 2 aromatic heterocycles. The minimum atomic E-state index is -0.273. The molecule has 0 radical (unpaired) electrons. The van der Waals surface area contributed by atoms with Gasteiger partial charge in [0.2, 0.25) is 0 Å². The Morgan fingerprint density at radius 1 is 1.14 bits per heavy atom. The number of nitrogens with one attached hydrogen (secondary N) is 1. The molecule has 0 bridgehead atoms. The third-order valence-electron chi connectivity index (χ3n) is 4.61. The van der Waals surface area contributed by atoms with Crippen molar-refractivity contribution in [1.82, 2.24) is 9.88 Å². The highest BCUT2D eigenvalue weighted by molar-refractivity contribution is 9.11. The van der Waals surface area contributed by atoms with Crippen molar-refractivity contribution in [2.75, 3.05) is 0 Å². The standard InChI is InChI=1S/C22H18BrFN2OS/c1-14-5-4-6-15(9-14)12-25-22(27)19-10-20-18(11-21(23)28-20)26(19)13-16-7-2-3-8-17(16)24/h2-11H,12-13H2,1H3,(H,25,27). The minimum absolute atomic E-state index is 0.169. The summed E-state index contributed by atoms with van der Waals surface area (Å²) in [5, 5.41) is 2.99. The summed E-state index contributed by atoms with van der Waals surface area (Å²) in [6.07, 6.45) is 0. The van der Waals surface area contributed by atoms with Gasteiger partial charge in [0, 0.05) is 12.1 Å². The Bertz CT molecular complexity index is 1160. The number of rotatable bonds is 5. The fraction of sp³-hybridized carbons (Fsp3) is 0.136. The molecule has 0 aliphatic carbocycles. The van der Waals surface area contributed by atoms with E-state index >= 15 is 0 Å². The Balaban J connectivity index is 1.65. The van der Waals surface area contributed by atoms with Crippen LogP contribution in [0.15, 0.2) is 64.5 Å². The summed E-state index contributed by atoms with van der Waals surface area (Å²) >= 11 is 5.06. The number of hydrogen-bond donors (Lipinski definition) is 1. The number of nitrogens with zero attached hydrogens (tertiary/aromatic N) is 1. The number of hydrogen-bond acceptors (Lipinski definition) is 2. The molecule has 0 aliphatic rings. The largest absolute Gasteiger partial charge is 0.347 e. The second kappa shape index (κ2) is 7.89. The van der Waals surface area contributed by atoms with E-state index in [0.717, 1.165) is 25.1 Å². The second-order valence-electron chi connectivity index (χ2n) is 6.68. The van der Waals surface area contributed by atoms with E-state index in [1.54, 1.807) is 29.5 Å². The Morgan fingerprint density at radius 3 is 2.75 bits per heavy atom. The van der Waals surface area contributed by atoms with Crippen LogP contribution >= 0.6 is 27.3 Å². The lowest BCUT2D eigenvalue weighted by atomic mass is 10.1. The van der Waals surface area contributed by atoms with Crippen LogP contribution in [0.25, 0.3) is 10.2 Å². The van der Waals surface area contributed by atoms with Crippen LogP contribution in [-0.4, -0.2) is 10.5 Å². The predicted molar refractivity (Wildman–Crippen MR) is 115 cm³/mol. The van der Waals surface area contributed by atoms with Gasteiger partial charge in [-0.2, -0.15) is 0 Å². The normalized spacial score (nSPS) is 11.1. The molecule has 0 aliphatic heterocycles. The van der Waals surface area contributed by atoms with Gasteiger partial charge >= 0.3 is 0 Å². The van der Waals surface area contributed by atoms with E-state index in [1.165, 1.54) is 6.07 Å². The number of fused-ring (bicyclic) bond motifs is 1. The zero-order valence-corrected chi connectivity index (χ0v) is 17.6. The van der Waals surface area contributed by atoms with Crippen LogP contribution < -0.4 is 5.32 Å². The monoisotopic (exact) mass is 456 g/mol. The van der Waals surface area contributed by atoms with Gasteiger partial charge < -0.3 is 9.88 Å². The Kier molecular flexibility index (Phi) is 5.33. The molecule has 4 aromatic rings. The highest BCUT2D eigenvalue weighted by atomic mass is 79.9. The van der Waals surface area contributed by atoms with Crippen molar-refractivity contribution >= 4 is 43.4 Å². The molecule has 3 nitrogen and oxygen atoms in total. The molecular weight excluding hydrogens is 439 g/mol. The maximum Gasteiger partial charge on any atom is 0.268 e. The smallest absolute Gasteiger partial charge is 0.268 e. The number of amides is 1. The molecule has 6 heteroatoms. The lowest BCUT2D eigenvalue weighted by Gasteiger charge is -2.12. The maximum absolute atomic E-state index is 14.2. The predicted octanol–water partition coefficient (Wildman–Crippen LogP) is 5.89. The molecule has 0 unspecified atom stereocenters. The third kappa shape index (κ3) is 3.88. The van der Waals surface area contributed by atoms with Gasteiger partial charge in [0.25, 0.3) is 5.91 Å². The SMILES string of the molecule is Cc1cccc(CNC(=O)c2cc3sc(Br)cc3n2Cc2ccccc2F)c1. The summed E-state index contributed by atoms with van der Waals surface area (Å²) in [5.41, 5.74) is 4.20. The first-order chi connectivity index (χ1) is 13.5. The zero-order chi connectivity index (χ0) is 19.7. The topological polar surface area (TPSA) is 34.0 Å². The summed E-state index contributed by atoms with van der Waals surface area (Å²) < 4.78 is 18.0. The Labute approximate surface area is 174 Å². The molecular formula is C22H18BrFN2OS. The van der Waals surface area contributed by atoms with Crippen molar-refractivity contribution in [2.45, 2.75) is 20.0 Å². The van der Waals surface area contributed by atoms with Gasteiger partial charge in [-0.3, -0.25) is 4.79 Å². The molecule has 0 atom stereocenters. The van der Waals surface area contributed by atoms with E-state index in [4.69, 9.17) is 0 Å². The van der Waals surface area contributed by atoms with Gasteiger partial charge in [-0.15, -0.1) is 11.3 Å². The van der Waals surface area contributed by atoms with Crippen LogP contribution in [0.4, 0.5) is 4.39 Å². The number of thiophene rings is 1. The van der Waals surface area contributed by atoms with Crippen LogP contribution in [0, 0.1) is 12.7 Å². The van der Waals surface area contributed by atoms with E-state index in [2.05, 4.69) is 21.2 Å². The quantitative estimate of drug-likeness (QED) is 0.398. The van der Waals surface area contributed by atoms with E-state index < -0.39 is 0 Å². The summed E-state index contributed by atoms with van der Waals surface area (Å²) in [7, 11) is 0. The molecule has 0 spiro atoms. The van der Waals surface area contributed by atoms with Crippen molar-refractivity contribution in [3.8, 4) is 0 Å². The lowest BCUT2D eigenvalue weighted by molar-refractivity contribution is 0.0942. The summed E-state index contributed by atoms with van der Waals surface area (Å²) in [4.78, 5) is 12.9. The van der Waals surface area contributed by atoms with Crippen LogP contribution in [0.1, 0.15) is 27.2 Å². The highest BCUT2D eigenvalue weighted by Gasteiger charge is 2.18. The second-order valence-corrected chi connectivity index (χ2v) is 9.14. The molecule has 1 N–H and O–H groups in total. The zero-order valence-electron chi connectivity index (χ0n) is 15.2. The van der Waals surface area contributed by atoms with Gasteiger partial charge in [-0.25, -0.2) is 4.39 Å². The van der Waals surface area contributed by atoms with E-state index in [1.807, 2.05) is 47.9 Å². The number of benzene rings is 2. The first-order valence-corrected chi connectivity index (χ1v) is 10.5. The molecule has 142 valence electrons. The number of carbonyl (C=O) groups is 1. The Hall–Kier alpha value is -2.44. The molecule has 4 rings (SSSR count). The van der Waals surface area contributed by atoms with Crippen molar-refractivity contribution in [3.05, 3.63) is 92.7 Å².